The molecule has 0 radical (unpaired) electrons. The van der Waals surface area contributed by atoms with Crippen molar-refractivity contribution in [3.63, 3.8) is 0 Å². The monoisotopic (exact) mass is 188 g/mol. The van der Waals surface area contributed by atoms with Crippen LogP contribution in [-0.4, -0.2) is 0 Å². The summed E-state index contributed by atoms with van der Waals surface area (Å²) in [4.78, 5) is 0. The summed E-state index contributed by atoms with van der Waals surface area (Å²) in [5, 5.41) is 0. The molecule has 0 fully saturated rings. The van der Waals surface area contributed by atoms with Crippen molar-refractivity contribution in [2.24, 2.45) is 0 Å². The van der Waals surface area contributed by atoms with Crippen molar-refractivity contribution in [1.82, 2.24) is 0 Å². The smallest absolute Gasteiger partial charge is 0.00437 e. The topological polar surface area (TPSA) is 0 Å². The molecule has 1 aliphatic carbocycles. The van der Waals surface area contributed by atoms with Crippen LogP contribution in [0.5, 0.6) is 0 Å². The summed E-state index contributed by atoms with van der Waals surface area (Å²) in [6.07, 6.45) is 3.91. The first-order valence-electron chi connectivity index (χ1n) is 5.83. The molecule has 0 bridgehead atoms. The lowest BCUT2D eigenvalue weighted by Crippen LogP contribution is -2.20. The summed E-state index contributed by atoms with van der Waals surface area (Å²) in [6, 6.07) is 9.02. The highest BCUT2D eigenvalue weighted by atomic mass is 14.4. The van der Waals surface area contributed by atoms with Crippen LogP contribution in [0.25, 0.3) is 0 Å². The minimum atomic E-state index is 0.482. The van der Waals surface area contributed by atoms with Crippen molar-refractivity contribution in [2.75, 3.05) is 0 Å². The fourth-order valence-corrected chi connectivity index (χ4v) is 3.14. The predicted octanol–water partition coefficient (Wildman–Crippen LogP) is 4.25. The molecule has 14 heavy (non-hydrogen) atoms. The molecule has 0 aliphatic heterocycles. The molecule has 0 saturated heterocycles. The quantitative estimate of drug-likeness (QED) is 0.651. The van der Waals surface area contributed by atoms with Crippen LogP contribution in [-0.2, 0) is 5.41 Å². The first-order chi connectivity index (χ1) is 6.73. The van der Waals surface area contributed by atoms with Crippen molar-refractivity contribution < 1.29 is 0 Å². The van der Waals surface area contributed by atoms with E-state index in [0.717, 1.165) is 5.92 Å². The molecule has 1 aromatic carbocycles. The number of fused-ring (bicyclic) bond motifs is 1. The molecule has 0 N–H and O–H groups in total. The van der Waals surface area contributed by atoms with Crippen LogP contribution >= 0.6 is 0 Å². The van der Waals surface area contributed by atoms with Gasteiger partial charge < -0.3 is 0 Å². The highest BCUT2D eigenvalue weighted by molar-refractivity contribution is 5.41. The second kappa shape index (κ2) is 3.42. The lowest BCUT2D eigenvalue weighted by Gasteiger charge is -2.27. The van der Waals surface area contributed by atoms with E-state index < -0.39 is 0 Å². The molecule has 0 nitrogen and oxygen atoms in total. The second-order valence-corrected chi connectivity index (χ2v) is 4.68. The van der Waals surface area contributed by atoms with E-state index in [4.69, 9.17) is 0 Å². The van der Waals surface area contributed by atoms with E-state index in [9.17, 15) is 0 Å². The second-order valence-electron chi connectivity index (χ2n) is 4.68. The van der Waals surface area contributed by atoms with Crippen LogP contribution in [0, 0.1) is 0 Å². The number of benzene rings is 1. The Morgan fingerprint density at radius 2 is 1.86 bits per heavy atom. The predicted molar refractivity (Wildman–Crippen MR) is 61.7 cm³/mol. The standard InChI is InChI=1S/C14H20/c1-4-14(5-2)10-11(3)12-8-6-7-9-13(12)14/h6-9,11H,4-5,10H2,1-3H3. The van der Waals surface area contributed by atoms with Crippen molar-refractivity contribution in [2.45, 2.75) is 51.4 Å². The summed E-state index contributed by atoms with van der Waals surface area (Å²) in [5.41, 5.74) is 3.70. The van der Waals surface area contributed by atoms with Crippen LogP contribution in [0.3, 0.4) is 0 Å². The summed E-state index contributed by atoms with van der Waals surface area (Å²) < 4.78 is 0. The van der Waals surface area contributed by atoms with E-state index in [1.165, 1.54) is 19.3 Å². The van der Waals surface area contributed by atoms with Gasteiger partial charge in [0, 0.05) is 0 Å². The Bertz CT molecular complexity index is 321. The molecule has 0 spiro atoms. The summed E-state index contributed by atoms with van der Waals surface area (Å²) in [7, 11) is 0. The first kappa shape index (κ1) is 9.76. The molecule has 0 heterocycles. The number of rotatable bonds is 2. The van der Waals surface area contributed by atoms with Crippen LogP contribution in [0.4, 0.5) is 0 Å². The van der Waals surface area contributed by atoms with Crippen LogP contribution in [0.1, 0.15) is 57.1 Å². The molecular weight excluding hydrogens is 168 g/mol. The summed E-state index contributed by atoms with van der Waals surface area (Å²) >= 11 is 0. The zero-order valence-corrected chi connectivity index (χ0v) is 9.51. The minimum absolute atomic E-state index is 0.482. The maximum absolute atomic E-state index is 2.37. The largest absolute Gasteiger partial charge is 0.0645 e. The van der Waals surface area contributed by atoms with Gasteiger partial charge in [0.05, 0.1) is 0 Å². The van der Waals surface area contributed by atoms with E-state index in [-0.39, 0.29) is 0 Å². The lowest BCUT2D eigenvalue weighted by molar-refractivity contribution is 0.376. The van der Waals surface area contributed by atoms with Crippen LogP contribution in [0.2, 0.25) is 0 Å². The fraction of sp³-hybridized carbons (Fsp3) is 0.571. The van der Waals surface area contributed by atoms with Gasteiger partial charge in [0.15, 0.2) is 0 Å². The van der Waals surface area contributed by atoms with Gasteiger partial charge in [0.25, 0.3) is 0 Å². The van der Waals surface area contributed by atoms with Gasteiger partial charge in [0.1, 0.15) is 0 Å². The third-order valence-corrected chi connectivity index (χ3v) is 4.11. The summed E-state index contributed by atoms with van der Waals surface area (Å²) in [6.45, 7) is 7.03. The summed E-state index contributed by atoms with van der Waals surface area (Å²) in [5.74, 6) is 0.756. The molecule has 1 atom stereocenters. The SMILES string of the molecule is CCC1(CC)CC(C)c2ccccc21. The Hall–Kier alpha value is -0.780. The Balaban J connectivity index is 2.52. The van der Waals surface area contributed by atoms with Gasteiger partial charge in [-0.15, -0.1) is 0 Å². The molecule has 1 aliphatic rings. The Morgan fingerprint density at radius 1 is 1.21 bits per heavy atom. The van der Waals surface area contributed by atoms with E-state index in [1.807, 2.05) is 0 Å². The van der Waals surface area contributed by atoms with Gasteiger partial charge >= 0.3 is 0 Å². The maximum Gasteiger partial charge on any atom is -0.00437 e. The third-order valence-electron chi connectivity index (χ3n) is 4.11. The molecule has 1 unspecified atom stereocenters. The molecule has 0 aromatic heterocycles. The first-order valence-corrected chi connectivity index (χ1v) is 5.83. The highest BCUT2D eigenvalue weighted by Gasteiger charge is 2.38. The number of hydrogen-bond acceptors (Lipinski definition) is 0. The van der Waals surface area contributed by atoms with Crippen molar-refractivity contribution >= 4 is 0 Å². The molecule has 76 valence electrons. The van der Waals surface area contributed by atoms with Crippen LogP contribution in [0.15, 0.2) is 24.3 Å². The molecule has 2 rings (SSSR count). The molecule has 0 amide bonds. The molecule has 1 aromatic rings. The van der Waals surface area contributed by atoms with E-state index in [0.29, 0.717) is 5.41 Å². The zero-order chi connectivity index (χ0) is 10.2. The van der Waals surface area contributed by atoms with E-state index >= 15 is 0 Å². The minimum Gasteiger partial charge on any atom is -0.0645 e. The van der Waals surface area contributed by atoms with Gasteiger partial charge in [-0.2, -0.15) is 0 Å². The molecule has 0 saturated carbocycles. The maximum atomic E-state index is 2.37. The lowest BCUT2D eigenvalue weighted by atomic mass is 9.77. The van der Waals surface area contributed by atoms with E-state index in [2.05, 4.69) is 45.0 Å². The Morgan fingerprint density at radius 3 is 2.50 bits per heavy atom. The van der Waals surface area contributed by atoms with Crippen LogP contribution < -0.4 is 0 Å². The van der Waals surface area contributed by atoms with Gasteiger partial charge in [-0.05, 0) is 41.7 Å². The highest BCUT2D eigenvalue weighted by Crippen LogP contribution is 2.49. The normalized spacial score (nSPS) is 23.5. The number of hydrogen-bond donors (Lipinski definition) is 0. The van der Waals surface area contributed by atoms with Gasteiger partial charge in [-0.3, -0.25) is 0 Å². The van der Waals surface area contributed by atoms with Crippen molar-refractivity contribution in [1.29, 1.82) is 0 Å². The van der Waals surface area contributed by atoms with Crippen molar-refractivity contribution in [3.8, 4) is 0 Å². The fourth-order valence-electron chi connectivity index (χ4n) is 3.14. The Labute approximate surface area is 87.3 Å². The third kappa shape index (κ3) is 1.20. The molecular formula is C14H20. The molecule has 0 heteroatoms. The van der Waals surface area contributed by atoms with Gasteiger partial charge in [-0.1, -0.05) is 45.0 Å². The average Bonchev–Trinajstić information content (AvgIpc) is 2.53. The van der Waals surface area contributed by atoms with Gasteiger partial charge in [0.2, 0.25) is 0 Å². The van der Waals surface area contributed by atoms with Gasteiger partial charge in [-0.25, -0.2) is 0 Å². The zero-order valence-electron chi connectivity index (χ0n) is 9.51. The average molecular weight is 188 g/mol. The Kier molecular flexibility index (Phi) is 2.38. The van der Waals surface area contributed by atoms with E-state index in [1.54, 1.807) is 11.1 Å². The van der Waals surface area contributed by atoms with Crippen molar-refractivity contribution in [3.05, 3.63) is 35.4 Å².